The van der Waals surface area contributed by atoms with Crippen LogP contribution < -0.4 is 4.90 Å². The van der Waals surface area contributed by atoms with E-state index < -0.39 is 0 Å². The van der Waals surface area contributed by atoms with Crippen molar-refractivity contribution in [3.05, 3.63) is 90.3 Å². The maximum atomic E-state index is 12.0. The highest BCUT2D eigenvalue weighted by Crippen LogP contribution is 2.28. The van der Waals surface area contributed by atoms with E-state index in [9.17, 15) is 4.79 Å². The summed E-state index contributed by atoms with van der Waals surface area (Å²) in [5, 5.41) is 10.4. The van der Waals surface area contributed by atoms with Crippen LogP contribution >= 0.6 is 0 Å². The first-order chi connectivity index (χ1) is 19.7. The molecule has 0 amide bonds. The zero-order valence-corrected chi connectivity index (χ0v) is 25.1. The summed E-state index contributed by atoms with van der Waals surface area (Å²) in [7, 11) is 3.99. The van der Waals surface area contributed by atoms with Crippen LogP contribution in [0.25, 0.3) is 33.1 Å². The van der Waals surface area contributed by atoms with Gasteiger partial charge in [0.25, 0.3) is 0 Å². The molecule has 6 heteroatoms. The van der Waals surface area contributed by atoms with E-state index in [1.807, 2.05) is 105 Å². The fraction of sp³-hybridized carbons (Fsp3) is 0.343. The van der Waals surface area contributed by atoms with Gasteiger partial charge in [0.15, 0.2) is 5.78 Å². The number of ketones is 1. The Morgan fingerprint density at radius 3 is 1.83 bits per heavy atom. The maximum Gasteiger partial charge on any atom is 0.162 e. The van der Waals surface area contributed by atoms with Crippen LogP contribution in [0.1, 0.15) is 62.6 Å². The second-order valence-corrected chi connectivity index (χ2v) is 11.2. The van der Waals surface area contributed by atoms with Gasteiger partial charge < -0.3 is 4.90 Å². The molecule has 6 nitrogen and oxygen atoms in total. The molecular formula is C35H41N5O. The summed E-state index contributed by atoms with van der Waals surface area (Å²) in [4.78, 5) is 22.8. The molecule has 2 aromatic heterocycles. The van der Waals surface area contributed by atoms with Gasteiger partial charge in [0.05, 0.1) is 16.6 Å². The molecule has 41 heavy (non-hydrogen) atoms. The molecule has 0 unspecified atom stereocenters. The zero-order chi connectivity index (χ0) is 29.4. The van der Waals surface area contributed by atoms with Gasteiger partial charge >= 0.3 is 0 Å². The number of rotatable bonds is 3. The SMILES string of the molecule is CC(=O)c1c(-c2ccccc2)nnc2ccccc12.CC1CCC(C)CC1.Cc1nc(N(C)C)c2ccccc2n1. The van der Waals surface area contributed by atoms with E-state index in [2.05, 4.69) is 34.0 Å². The number of aryl methyl sites for hydroxylation is 1. The summed E-state index contributed by atoms with van der Waals surface area (Å²) in [6.07, 6.45) is 5.89. The summed E-state index contributed by atoms with van der Waals surface area (Å²) in [6.45, 7) is 8.22. The molecule has 0 spiro atoms. The van der Waals surface area contributed by atoms with E-state index in [-0.39, 0.29) is 5.78 Å². The Balaban J connectivity index is 0.000000154. The van der Waals surface area contributed by atoms with E-state index in [0.29, 0.717) is 11.3 Å². The first kappa shape index (κ1) is 29.8. The molecule has 0 saturated heterocycles. The van der Waals surface area contributed by atoms with Gasteiger partial charge in [0, 0.05) is 30.4 Å². The van der Waals surface area contributed by atoms with E-state index in [0.717, 1.165) is 50.8 Å². The Morgan fingerprint density at radius 1 is 0.707 bits per heavy atom. The molecular weight excluding hydrogens is 506 g/mol. The van der Waals surface area contributed by atoms with Gasteiger partial charge in [-0.3, -0.25) is 4.79 Å². The minimum Gasteiger partial charge on any atom is -0.362 e. The normalized spacial score (nSPS) is 16.2. The van der Waals surface area contributed by atoms with Crippen molar-refractivity contribution in [1.29, 1.82) is 0 Å². The van der Waals surface area contributed by atoms with Crippen LogP contribution in [0.4, 0.5) is 5.82 Å². The number of Topliss-reactive ketones (excluding diaryl/α,β-unsaturated/α-hetero) is 1. The summed E-state index contributed by atoms with van der Waals surface area (Å²) < 4.78 is 0. The number of anilines is 1. The maximum absolute atomic E-state index is 12.0. The van der Waals surface area contributed by atoms with Crippen molar-refractivity contribution in [1.82, 2.24) is 20.2 Å². The van der Waals surface area contributed by atoms with E-state index in [1.54, 1.807) is 6.92 Å². The van der Waals surface area contributed by atoms with E-state index >= 15 is 0 Å². The van der Waals surface area contributed by atoms with E-state index in [1.165, 1.54) is 25.7 Å². The standard InChI is InChI=1S/C16H12N2O.C11H13N3.C8H16/c1-11(19)15-13-9-5-6-10-14(13)17-18-16(15)12-7-3-2-4-8-12;1-8-12-10-7-5-4-6-9(10)11(13-8)14(2)3;1-7-3-5-8(2)6-4-7/h2-10H,1H3;4-7H,1-3H3;7-8H,3-6H2,1-2H3. The van der Waals surface area contributed by atoms with Crippen LogP contribution in [0, 0.1) is 18.8 Å². The van der Waals surface area contributed by atoms with Crippen LogP contribution in [0.15, 0.2) is 78.9 Å². The third-order valence-electron chi connectivity index (χ3n) is 7.49. The molecule has 1 saturated carbocycles. The van der Waals surface area contributed by atoms with Gasteiger partial charge in [-0.2, -0.15) is 0 Å². The van der Waals surface area contributed by atoms with Crippen LogP contribution in [0.2, 0.25) is 0 Å². The molecule has 3 aromatic carbocycles. The van der Waals surface area contributed by atoms with Crippen molar-refractivity contribution < 1.29 is 4.79 Å². The fourth-order valence-corrected chi connectivity index (χ4v) is 5.15. The molecule has 0 atom stereocenters. The number of nitrogens with zero attached hydrogens (tertiary/aromatic N) is 5. The summed E-state index contributed by atoms with van der Waals surface area (Å²) in [5.74, 6) is 3.84. The minimum absolute atomic E-state index is 0.00459. The van der Waals surface area contributed by atoms with E-state index in [4.69, 9.17) is 0 Å². The monoisotopic (exact) mass is 547 g/mol. The molecule has 0 aliphatic heterocycles. The summed E-state index contributed by atoms with van der Waals surface area (Å²) >= 11 is 0. The number of carbonyl (C=O) groups excluding carboxylic acids is 1. The predicted octanol–water partition coefficient (Wildman–Crippen LogP) is 8.34. The third kappa shape index (κ3) is 7.72. The molecule has 1 aliphatic rings. The summed E-state index contributed by atoms with van der Waals surface area (Å²) in [6, 6.07) is 25.3. The Morgan fingerprint density at radius 2 is 1.24 bits per heavy atom. The topological polar surface area (TPSA) is 71.9 Å². The Kier molecular flexibility index (Phi) is 10.1. The van der Waals surface area contributed by atoms with Crippen LogP contribution in [0.5, 0.6) is 0 Å². The highest BCUT2D eigenvalue weighted by molar-refractivity contribution is 6.10. The average Bonchev–Trinajstić information content (AvgIpc) is 2.98. The first-order valence-electron chi connectivity index (χ1n) is 14.5. The molecule has 1 fully saturated rings. The number of hydrogen-bond acceptors (Lipinski definition) is 6. The van der Waals surface area contributed by atoms with Gasteiger partial charge in [0.2, 0.25) is 0 Å². The number of aromatic nitrogens is 4. The van der Waals surface area contributed by atoms with Gasteiger partial charge in [0.1, 0.15) is 17.3 Å². The third-order valence-corrected chi connectivity index (χ3v) is 7.49. The molecule has 1 aliphatic carbocycles. The van der Waals surface area contributed by atoms with Crippen molar-refractivity contribution in [3.8, 4) is 11.3 Å². The number of hydrogen-bond donors (Lipinski definition) is 0. The van der Waals surface area contributed by atoms with Gasteiger partial charge in [-0.25, -0.2) is 9.97 Å². The number of fused-ring (bicyclic) bond motifs is 2. The molecule has 0 radical (unpaired) electrons. The highest BCUT2D eigenvalue weighted by atomic mass is 16.1. The predicted molar refractivity (Wildman–Crippen MR) is 170 cm³/mol. The number of carbonyl (C=O) groups is 1. The quantitative estimate of drug-likeness (QED) is 0.211. The lowest BCUT2D eigenvalue weighted by molar-refractivity contribution is 0.101. The van der Waals surface area contributed by atoms with Gasteiger partial charge in [-0.1, -0.05) is 100 Å². The zero-order valence-electron chi connectivity index (χ0n) is 25.1. The van der Waals surface area contributed by atoms with Crippen LogP contribution in [-0.4, -0.2) is 40.0 Å². The van der Waals surface area contributed by atoms with Crippen molar-refractivity contribution in [2.45, 2.75) is 53.4 Å². The summed E-state index contributed by atoms with van der Waals surface area (Å²) in [5.41, 5.74) is 3.94. The molecule has 5 aromatic rings. The van der Waals surface area contributed by atoms with Crippen molar-refractivity contribution in [2.75, 3.05) is 19.0 Å². The van der Waals surface area contributed by atoms with Crippen molar-refractivity contribution in [3.63, 3.8) is 0 Å². The molecule has 6 rings (SSSR count). The number of benzene rings is 3. The molecule has 0 bridgehead atoms. The van der Waals surface area contributed by atoms with Crippen LogP contribution in [0.3, 0.4) is 0 Å². The Hall–Kier alpha value is -4.19. The lowest BCUT2D eigenvalue weighted by Crippen LogP contribution is -2.12. The minimum atomic E-state index is 0.00459. The van der Waals surface area contributed by atoms with Gasteiger partial charge in [-0.05, 0) is 43.9 Å². The van der Waals surface area contributed by atoms with Crippen molar-refractivity contribution >= 4 is 33.4 Å². The lowest BCUT2D eigenvalue weighted by Gasteiger charge is -2.22. The van der Waals surface area contributed by atoms with Crippen molar-refractivity contribution in [2.24, 2.45) is 11.8 Å². The fourth-order valence-electron chi connectivity index (χ4n) is 5.15. The molecule has 0 N–H and O–H groups in total. The Bertz CT molecular complexity index is 1580. The largest absolute Gasteiger partial charge is 0.362 e. The Labute approximate surface area is 243 Å². The molecule has 212 valence electrons. The molecule has 2 heterocycles. The van der Waals surface area contributed by atoms with Crippen LogP contribution in [-0.2, 0) is 0 Å². The first-order valence-corrected chi connectivity index (χ1v) is 14.5. The lowest BCUT2D eigenvalue weighted by atomic mass is 9.84. The van der Waals surface area contributed by atoms with Gasteiger partial charge in [-0.15, -0.1) is 10.2 Å². The average molecular weight is 548 g/mol. The second-order valence-electron chi connectivity index (χ2n) is 11.2. The second kappa shape index (κ2) is 13.9. The number of para-hydroxylation sites is 1. The highest BCUT2D eigenvalue weighted by Gasteiger charge is 2.16. The smallest absolute Gasteiger partial charge is 0.162 e.